The number of non-ortho nitro benzene ring substituents is 1. The number of hydrogen-bond donors (Lipinski definition) is 2. The minimum Gasteiger partial charge on any atom is -0.497 e. The van der Waals surface area contributed by atoms with Gasteiger partial charge in [-0.1, -0.05) is 23.7 Å². The van der Waals surface area contributed by atoms with Gasteiger partial charge in [-0.25, -0.2) is 0 Å². The molecule has 0 bridgehead atoms. The Morgan fingerprint density at radius 1 is 1.30 bits per heavy atom. The van der Waals surface area contributed by atoms with Crippen LogP contribution in [0.2, 0.25) is 5.02 Å². The second-order valence-corrected chi connectivity index (χ2v) is 7.51. The lowest BCUT2D eigenvalue weighted by Gasteiger charge is -2.35. The van der Waals surface area contributed by atoms with Crippen LogP contribution in [0, 0.1) is 10.1 Å². The summed E-state index contributed by atoms with van der Waals surface area (Å²) < 4.78 is 10.7. The Morgan fingerprint density at radius 3 is 2.63 bits per heavy atom. The van der Waals surface area contributed by atoms with E-state index in [0.29, 0.717) is 35.6 Å². The van der Waals surface area contributed by atoms with Crippen molar-refractivity contribution in [2.24, 2.45) is 0 Å². The van der Waals surface area contributed by atoms with Crippen LogP contribution in [0.5, 0.6) is 5.75 Å². The lowest BCUT2D eigenvalue weighted by atomic mass is 10.0. The molecule has 160 valence electrons. The molecule has 10 heteroatoms. The topological polar surface area (TPSA) is 88.9 Å². The number of rotatable bonds is 7. The lowest BCUT2D eigenvalue weighted by molar-refractivity contribution is -0.384. The molecule has 2 aromatic carbocycles. The summed E-state index contributed by atoms with van der Waals surface area (Å²) in [5.41, 5.74) is 1.45. The van der Waals surface area contributed by atoms with Crippen LogP contribution < -0.4 is 15.4 Å². The van der Waals surface area contributed by atoms with Crippen LogP contribution >= 0.6 is 23.8 Å². The van der Waals surface area contributed by atoms with Crippen LogP contribution in [-0.2, 0) is 4.74 Å². The van der Waals surface area contributed by atoms with Crippen molar-refractivity contribution in [2.75, 3.05) is 45.3 Å². The maximum Gasteiger partial charge on any atom is 0.271 e. The van der Waals surface area contributed by atoms with Crippen molar-refractivity contribution in [3.63, 3.8) is 0 Å². The fourth-order valence-corrected chi connectivity index (χ4v) is 3.61. The molecular weight excluding hydrogens is 428 g/mol. The molecule has 3 rings (SSSR count). The maximum atomic E-state index is 11.0. The summed E-state index contributed by atoms with van der Waals surface area (Å²) in [6, 6.07) is 12.2. The Bertz CT molecular complexity index is 891. The van der Waals surface area contributed by atoms with Crippen LogP contribution in [0.1, 0.15) is 11.6 Å². The summed E-state index contributed by atoms with van der Waals surface area (Å²) in [6.45, 7) is 3.53. The molecule has 1 atom stereocenters. The molecule has 0 saturated carbocycles. The highest BCUT2D eigenvalue weighted by atomic mass is 35.5. The molecule has 0 amide bonds. The minimum atomic E-state index is -0.476. The van der Waals surface area contributed by atoms with Gasteiger partial charge in [-0.2, -0.15) is 0 Å². The van der Waals surface area contributed by atoms with Crippen molar-refractivity contribution in [2.45, 2.75) is 6.04 Å². The molecule has 0 aliphatic carbocycles. The average molecular weight is 451 g/mol. The van der Waals surface area contributed by atoms with Crippen LogP contribution in [0.3, 0.4) is 0 Å². The molecule has 8 nitrogen and oxygen atoms in total. The molecule has 1 unspecified atom stereocenters. The number of ether oxygens (including phenoxy) is 2. The van der Waals surface area contributed by atoms with Crippen molar-refractivity contribution in [1.29, 1.82) is 0 Å². The molecule has 0 aromatic heterocycles. The summed E-state index contributed by atoms with van der Waals surface area (Å²) in [6.07, 6.45) is 0. The van der Waals surface area contributed by atoms with Crippen molar-refractivity contribution in [1.82, 2.24) is 10.2 Å². The Labute approximate surface area is 185 Å². The zero-order chi connectivity index (χ0) is 21.5. The third-order valence-corrected chi connectivity index (χ3v) is 5.43. The Morgan fingerprint density at radius 2 is 2.00 bits per heavy atom. The van der Waals surface area contributed by atoms with E-state index in [9.17, 15) is 10.1 Å². The minimum absolute atomic E-state index is 0.0610. The Kier molecular flexibility index (Phi) is 7.81. The molecule has 0 spiro atoms. The van der Waals surface area contributed by atoms with Gasteiger partial charge in [0.2, 0.25) is 0 Å². The third kappa shape index (κ3) is 5.79. The van der Waals surface area contributed by atoms with Gasteiger partial charge < -0.3 is 20.1 Å². The van der Waals surface area contributed by atoms with E-state index in [4.69, 9.17) is 33.3 Å². The summed E-state index contributed by atoms with van der Waals surface area (Å²) in [5.74, 6) is 0.796. The first-order valence-electron chi connectivity index (χ1n) is 9.42. The summed E-state index contributed by atoms with van der Waals surface area (Å²) >= 11 is 11.5. The number of nitrogens with zero attached hydrogens (tertiary/aromatic N) is 2. The molecule has 2 aromatic rings. The second kappa shape index (κ2) is 10.5. The largest absolute Gasteiger partial charge is 0.497 e. The van der Waals surface area contributed by atoms with Gasteiger partial charge in [0.25, 0.3) is 5.69 Å². The highest BCUT2D eigenvalue weighted by molar-refractivity contribution is 7.80. The fourth-order valence-electron chi connectivity index (χ4n) is 3.25. The third-order valence-electron chi connectivity index (χ3n) is 4.85. The van der Waals surface area contributed by atoms with Gasteiger partial charge >= 0.3 is 0 Å². The molecule has 1 fully saturated rings. The summed E-state index contributed by atoms with van der Waals surface area (Å²) in [5, 5.41) is 17.9. The Hall–Kier alpha value is -2.46. The monoisotopic (exact) mass is 450 g/mol. The first kappa shape index (κ1) is 22.2. The van der Waals surface area contributed by atoms with Gasteiger partial charge in [0.05, 0.1) is 42.0 Å². The standard InChI is InChI=1S/C20H23ClN4O4S/c1-28-16-5-2-14(3-6-16)19(24-8-10-29-11-9-24)13-22-20(30)23-18-12-15(25(26)27)4-7-17(18)21/h2-7,12,19H,8-11,13H2,1H3,(H2,22,23,30). The van der Waals surface area contributed by atoms with Gasteiger partial charge in [0, 0.05) is 31.8 Å². The first-order chi connectivity index (χ1) is 14.5. The predicted octanol–water partition coefficient (Wildman–Crippen LogP) is 3.62. The summed E-state index contributed by atoms with van der Waals surface area (Å²) in [4.78, 5) is 12.9. The van der Waals surface area contributed by atoms with Gasteiger partial charge in [0.1, 0.15) is 5.75 Å². The van der Waals surface area contributed by atoms with E-state index in [1.54, 1.807) is 7.11 Å². The van der Waals surface area contributed by atoms with E-state index in [-0.39, 0.29) is 11.7 Å². The normalized spacial score (nSPS) is 15.3. The first-order valence-corrected chi connectivity index (χ1v) is 10.2. The number of halogens is 1. The fraction of sp³-hybridized carbons (Fsp3) is 0.350. The van der Waals surface area contributed by atoms with Crippen LogP contribution in [0.15, 0.2) is 42.5 Å². The van der Waals surface area contributed by atoms with Crippen molar-refractivity contribution >= 4 is 40.3 Å². The van der Waals surface area contributed by atoms with E-state index in [0.717, 1.165) is 24.4 Å². The number of hydrogen-bond acceptors (Lipinski definition) is 6. The molecule has 1 saturated heterocycles. The molecular formula is C20H23ClN4O4S. The molecule has 1 aliphatic rings. The smallest absolute Gasteiger partial charge is 0.271 e. The summed E-state index contributed by atoms with van der Waals surface area (Å²) in [7, 11) is 1.64. The van der Waals surface area contributed by atoms with E-state index >= 15 is 0 Å². The number of anilines is 1. The van der Waals surface area contributed by atoms with E-state index in [1.807, 2.05) is 24.3 Å². The van der Waals surface area contributed by atoms with E-state index in [2.05, 4.69) is 15.5 Å². The number of nitro benzene ring substituents is 1. The molecule has 1 aliphatic heterocycles. The van der Waals surface area contributed by atoms with Gasteiger partial charge in [-0.3, -0.25) is 15.0 Å². The number of thiocarbonyl (C=S) groups is 1. The molecule has 0 radical (unpaired) electrons. The number of nitro groups is 1. The number of benzene rings is 2. The Balaban J connectivity index is 1.69. The number of morpholine rings is 1. The number of nitrogens with one attached hydrogen (secondary N) is 2. The predicted molar refractivity (Wildman–Crippen MR) is 120 cm³/mol. The van der Waals surface area contributed by atoms with Crippen LogP contribution in [0.4, 0.5) is 11.4 Å². The van der Waals surface area contributed by atoms with E-state index in [1.165, 1.54) is 18.2 Å². The van der Waals surface area contributed by atoms with Gasteiger partial charge in [0.15, 0.2) is 5.11 Å². The number of methoxy groups -OCH3 is 1. The SMILES string of the molecule is COc1ccc(C(CNC(=S)Nc2cc([N+](=O)[O-])ccc2Cl)N2CCOCC2)cc1. The van der Waals surface area contributed by atoms with Crippen LogP contribution in [0.25, 0.3) is 0 Å². The maximum absolute atomic E-state index is 11.0. The highest BCUT2D eigenvalue weighted by Gasteiger charge is 2.23. The van der Waals surface area contributed by atoms with Gasteiger partial charge in [-0.15, -0.1) is 0 Å². The van der Waals surface area contributed by atoms with Crippen LogP contribution in [-0.4, -0.2) is 54.9 Å². The average Bonchev–Trinajstić information content (AvgIpc) is 2.76. The molecule has 1 heterocycles. The zero-order valence-corrected chi connectivity index (χ0v) is 18.0. The highest BCUT2D eigenvalue weighted by Crippen LogP contribution is 2.27. The van der Waals surface area contributed by atoms with E-state index < -0.39 is 4.92 Å². The quantitative estimate of drug-likeness (QED) is 0.375. The van der Waals surface area contributed by atoms with Crippen molar-refractivity contribution in [3.05, 3.63) is 63.2 Å². The molecule has 2 N–H and O–H groups in total. The molecule has 30 heavy (non-hydrogen) atoms. The lowest BCUT2D eigenvalue weighted by Crippen LogP contribution is -2.44. The van der Waals surface area contributed by atoms with Crippen molar-refractivity contribution in [3.8, 4) is 5.75 Å². The van der Waals surface area contributed by atoms with Crippen molar-refractivity contribution < 1.29 is 14.4 Å². The van der Waals surface area contributed by atoms with Gasteiger partial charge in [-0.05, 0) is 36.0 Å². The zero-order valence-electron chi connectivity index (χ0n) is 16.5. The second-order valence-electron chi connectivity index (χ2n) is 6.69.